The number of hydrogen-bond donors (Lipinski definition) is 0. The van der Waals surface area contributed by atoms with Crippen LogP contribution in [0.2, 0.25) is 5.02 Å². The molecule has 1 aromatic carbocycles. The first-order valence-corrected chi connectivity index (χ1v) is 7.44. The van der Waals surface area contributed by atoms with Gasteiger partial charge in [0.25, 0.3) is 0 Å². The van der Waals surface area contributed by atoms with E-state index in [1.807, 2.05) is 12.1 Å². The molecule has 0 radical (unpaired) electrons. The van der Waals surface area contributed by atoms with Crippen molar-refractivity contribution in [2.45, 2.75) is 26.2 Å². The molecule has 0 fully saturated rings. The van der Waals surface area contributed by atoms with Crippen LogP contribution in [0.5, 0.6) is 0 Å². The SMILES string of the molecule is CCC1CC=CCC1C(=O)c1ccc(Br)cc1Cl. The Hall–Kier alpha value is -0.600. The van der Waals surface area contributed by atoms with Gasteiger partial charge in [0.2, 0.25) is 0 Å². The number of benzene rings is 1. The Kier molecular flexibility index (Phi) is 4.63. The zero-order valence-electron chi connectivity index (χ0n) is 10.3. The molecule has 18 heavy (non-hydrogen) atoms. The van der Waals surface area contributed by atoms with Crippen molar-refractivity contribution >= 4 is 33.3 Å². The second-order valence-electron chi connectivity index (χ2n) is 4.71. The summed E-state index contributed by atoms with van der Waals surface area (Å²) in [5.74, 6) is 0.713. The Morgan fingerprint density at radius 1 is 1.39 bits per heavy atom. The van der Waals surface area contributed by atoms with Gasteiger partial charge in [0, 0.05) is 16.0 Å². The summed E-state index contributed by atoms with van der Waals surface area (Å²) in [6, 6.07) is 5.48. The second-order valence-corrected chi connectivity index (χ2v) is 6.03. The number of carbonyl (C=O) groups is 1. The van der Waals surface area contributed by atoms with Crippen molar-refractivity contribution in [3.8, 4) is 0 Å². The Bertz CT molecular complexity index is 481. The van der Waals surface area contributed by atoms with E-state index in [0.29, 0.717) is 16.5 Å². The summed E-state index contributed by atoms with van der Waals surface area (Å²) in [7, 11) is 0. The molecule has 0 bridgehead atoms. The van der Waals surface area contributed by atoms with Crippen LogP contribution in [0.1, 0.15) is 36.5 Å². The summed E-state index contributed by atoms with van der Waals surface area (Å²) in [4.78, 5) is 12.6. The van der Waals surface area contributed by atoms with Crippen LogP contribution in [0.25, 0.3) is 0 Å². The minimum atomic E-state index is 0.0821. The van der Waals surface area contributed by atoms with Gasteiger partial charge in [-0.2, -0.15) is 0 Å². The van der Waals surface area contributed by atoms with Gasteiger partial charge >= 0.3 is 0 Å². The lowest BCUT2D eigenvalue weighted by Crippen LogP contribution is -2.25. The van der Waals surface area contributed by atoms with E-state index in [-0.39, 0.29) is 11.7 Å². The van der Waals surface area contributed by atoms with Gasteiger partial charge in [0.1, 0.15) is 0 Å². The molecule has 0 heterocycles. The topological polar surface area (TPSA) is 17.1 Å². The van der Waals surface area contributed by atoms with Crippen LogP contribution in [0, 0.1) is 11.8 Å². The van der Waals surface area contributed by atoms with Crippen LogP contribution in [0.3, 0.4) is 0 Å². The normalized spacial score (nSPS) is 23.1. The molecule has 0 aromatic heterocycles. The first-order chi connectivity index (χ1) is 8.63. The van der Waals surface area contributed by atoms with Crippen molar-refractivity contribution in [1.82, 2.24) is 0 Å². The van der Waals surface area contributed by atoms with Gasteiger partial charge in [-0.1, -0.05) is 53.0 Å². The van der Waals surface area contributed by atoms with E-state index in [1.54, 1.807) is 6.07 Å². The van der Waals surface area contributed by atoms with Crippen molar-refractivity contribution in [3.05, 3.63) is 45.4 Å². The second kappa shape index (κ2) is 6.03. The quantitative estimate of drug-likeness (QED) is 0.545. The highest BCUT2D eigenvalue weighted by Gasteiger charge is 2.29. The fourth-order valence-electron chi connectivity index (χ4n) is 2.53. The van der Waals surface area contributed by atoms with Gasteiger partial charge in [-0.05, 0) is 37.0 Å². The number of rotatable bonds is 3. The molecular weight excluding hydrogens is 312 g/mol. The van der Waals surface area contributed by atoms with Gasteiger partial charge in [-0.25, -0.2) is 0 Å². The van der Waals surface area contributed by atoms with Gasteiger partial charge in [0.05, 0.1) is 5.02 Å². The molecule has 1 aromatic rings. The first kappa shape index (κ1) is 13.8. The van der Waals surface area contributed by atoms with E-state index in [0.717, 1.165) is 23.7 Å². The van der Waals surface area contributed by atoms with Crippen molar-refractivity contribution in [1.29, 1.82) is 0 Å². The molecule has 0 amide bonds. The van der Waals surface area contributed by atoms with E-state index in [4.69, 9.17) is 11.6 Å². The summed E-state index contributed by atoms with van der Waals surface area (Å²) in [5.41, 5.74) is 0.651. The first-order valence-electron chi connectivity index (χ1n) is 6.27. The summed E-state index contributed by atoms with van der Waals surface area (Å²) < 4.78 is 0.902. The smallest absolute Gasteiger partial charge is 0.168 e. The van der Waals surface area contributed by atoms with E-state index in [1.165, 1.54) is 0 Å². The maximum absolute atomic E-state index is 12.6. The molecule has 3 heteroatoms. The highest BCUT2D eigenvalue weighted by molar-refractivity contribution is 9.10. The third kappa shape index (κ3) is 2.86. The van der Waals surface area contributed by atoms with Gasteiger partial charge in [-0.3, -0.25) is 4.79 Å². The van der Waals surface area contributed by atoms with Crippen LogP contribution in [-0.2, 0) is 0 Å². The molecule has 1 nitrogen and oxygen atoms in total. The van der Waals surface area contributed by atoms with Crippen LogP contribution in [0.4, 0.5) is 0 Å². The predicted molar refractivity (Wildman–Crippen MR) is 79.1 cm³/mol. The lowest BCUT2D eigenvalue weighted by Gasteiger charge is -2.26. The number of ketones is 1. The van der Waals surface area contributed by atoms with Crippen LogP contribution in [0.15, 0.2) is 34.8 Å². The molecule has 1 aliphatic rings. The van der Waals surface area contributed by atoms with Gasteiger partial charge in [0.15, 0.2) is 5.78 Å². The van der Waals surface area contributed by atoms with Crippen LogP contribution < -0.4 is 0 Å². The number of carbonyl (C=O) groups excluding carboxylic acids is 1. The largest absolute Gasteiger partial charge is 0.294 e. The van der Waals surface area contributed by atoms with Gasteiger partial charge < -0.3 is 0 Å². The van der Waals surface area contributed by atoms with E-state index in [2.05, 4.69) is 35.0 Å². The van der Waals surface area contributed by atoms with Crippen molar-refractivity contribution < 1.29 is 4.79 Å². The molecule has 0 saturated heterocycles. The highest BCUT2D eigenvalue weighted by Crippen LogP contribution is 2.33. The zero-order chi connectivity index (χ0) is 13.1. The molecule has 2 unspecified atom stereocenters. The van der Waals surface area contributed by atoms with E-state index < -0.39 is 0 Å². The summed E-state index contributed by atoms with van der Waals surface area (Å²) >= 11 is 9.53. The lowest BCUT2D eigenvalue weighted by molar-refractivity contribution is 0.0865. The average Bonchev–Trinajstić information content (AvgIpc) is 2.38. The molecule has 0 spiro atoms. The molecule has 0 aliphatic heterocycles. The molecule has 2 rings (SSSR count). The zero-order valence-corrected chi connectivity index (χ0v) is 12.7. The number of Topliss-reactive ketones (excluding diaryl/α,β-unsaturated/α-hetero) is 1. The number of hydrogen-bond acceptors (Lipinski definition) is 1. The third-order valence-electron chi connectivity index (χ3n) is 3.62. The Balaban J connectivity index is 2.27. The molecule has 0 saturated carbocycles. The number of halogens is 2. The minimum absolute atomic E-state index is 0.0821. The Morgan fingerprint density at radius 3 is 2.78 bits per heavy atom. The van der Waals surface area contributed by atoms with Crippen molar-refractivity contribution in [2.75, 3.05) is 0 Å². The fraction of sp³-hybridized carbons (Fsp3) is 0.400. The van der Waals surface area contributed by atoms with Crippen LogP contribution in [-0.4, -0.2) is 5.78 Å². The predicted octanol–water partition coefficient (Wildman–Crippen LogP) is 5.28. The van der Waals surface area contributed by atoms with Crippen LogP contribution >= 0.6 is 27.5 Å². The minimum Gasteiger partial charge on any atom is -0.294 e. The van der Waals surface area contributed by atoms with Gasteiger partial charge in [-0.15, -0.1) is 0 Å². The van der Waals surface area contributed by atoms with E-state index >= 15 is 0 Å². The van der Waals surface area contributed by atoms with E-state index in [9.17, 15) is 4.79 Å². The molecule has 2 atom stereocenters. The molecule has 0 N–H and O–H groups in total. The lowest BCUT2D eigenvalue weighted by atomic mass is 9.77. The maximum Gasteiger partial charge on any atom is 0.168 e. The standard InChI is InChI=1S/C15H16BrClO/c1-2-10-5-3-4-6-12(10)15(18)13-8-7-11(16)9-14(13)17/h3-4,7-10,12H,2,5-6H2,1H3. The average molecular weight is 328 g/mol. The van der Waals surface area contributed by atoms with Crippen molar-refractivity contribution in [3.63, 3.8) is 0 Å². The number of allylic oxidation sites excluding steroid dienone is 2. The summed E-state index contributed by atoms with van der Waals surface area (Å²) in [5, 5.41) is 0.541. The maximum atomic E-state index is 12.6. The Morgan fingerprint density at radius 2 is 2.11 bits per heavy atom. The molecular formula is C15H16BrClO. The summed E-state index contributed by atoms with van der Waals surface area (Å²) in [6.07, 6.45) is 7.17. The summed E-state index contributed by atoms with van der Waals surface area (Å²) in [6.45, 7) is 2.15. The third-order valence-corrected chi connectivity index (χ3v) is 4.43. The fourth-order valence-corrected chi connectivity index (χ4v) is 3.30. The van der Waals surface area contributed by atoms with Crippen molar-refractivity contribution in [2.24, 2.45) is 11.8 Å². The highest BCUT2D eigenvalue weighted by atomic mass is 79.9. The molecule has 96 valence electrons. The monoisotopic (exact) mass is 326 g/mol. The molecule has 1 aliphatic carbocycles. The Labute approximate surface area is 121 Å².